The van der Waals surface area contributed by atoms with Crippen LogP contribution in [-0.2, 0) is 11.2 Å². The maximum atomic E-state index is 13.8. The highest BCUT2D eigenvalue weighted by Gasteiger charge is 2.12. The molecule has 4 rings (SSSR count). The van der Waals surface area contributed by atoms with Crippen molar-refractivity contribution in [2.24, 2.45) is 0 Å². The molecule has 2 aromatic carbocycles. The Hall–Kier alpha value is -3.60. The first kappa shape index (κ1) is 21.6. The molecular formula is C21H20FN7O2S. The van der Waals surface area contributed by atoms with Crippen molar-refractivity contribution in [3.63, 3.8) is 0 Å². The van der Waals surface area contributed by atoms with E-state index in [-0.39, 0.29) is 11.7 Å². The highest BCUT2D eigenvalue weighted by molar-refractivity contribution is 7.99. The van der Waals surface area contributed by atoms with Crippen LogP contribution >= 0.6 is 11.8 Å². The molecule has 0 fully saturated rings. The second kappa shape index (κ2) is 9.69. The van der Waals surface area contributed by atoms with Crippen molar-refractivity contribution in [3.05, 3.63) is 59.7 Å². The van der Waals surface area contributed by atoms with Crippen LogP contribution in [0.3, 0.4) is 0 Å². The smallest absolute Gasteiger partial charge is 0.226 e. The lowest BCUT2D eigenvalue weighted by Crippen LogP contribution is -2.07. The third kappa shape index (κ3) is 5.17. The average molecular weight is 454 g/mol. The van der Waals surface area contributed by atoms with Crippen molar-refractivity contribution < 1.29 is 13.7 Å². The lowest BCUT2D eigenvalue weighted by Gasteiger charge is -2.07. The normalized spacial score (nSPS) is 11.0. The zero-order valence-corrected chi connectivity index (χ0v) is 18.3. The Labute approximate surface area is 187 Å². The van der Waals surface area contributed by atoms with Crippen LogP contribution in [-0.4, -0.2) is 42.0 Å². The molecule has 32 heavy (non-hydrogen) atoms. The van der Waals surface area contributed by atoms with Crippen LogP contribution in [0.4, 0.5) is 10.1 Å². The van der Waals surface area contributed by atoms with Crippen molar-refractivity contribution >= 4 is 23.4 Å². The Morgan fingerprint density at radius 2 is 2.12 bits per heavy atom. The number of carbonyl (C=O) groups is 1. The van der Waals surface area contributed by atoms with Crippen molar-refractivity contribution in [2.45, 2.75) is 31.8 Å². The zero-order chi connectivity index (χ0) is 22.5. The van der Waals surface area contributed by atoms with E-state index in [0.29, 0.717) is 40.1 Å². The van der Waals surface area contributed by atoms with Crippen LogP contribution in [0.2, 0.25) is 0 Å². The highest BCUT2D eigenvalue weighted by Crippen LogP contribution is 2.23. The fourth-order valence-electron chi connectivity index (χ4n) is 2.94. The van der Waals surface area contributed by atoms with Gasteiger partial charge < -0.3 is 9.84 Å². The van der Waals surface area contributed by atoms with E-state index in [9.17, 15) is 9.18 Å². The van der Waals surface area contributed by atoms with Crippen LogP contribution in [0.5, 0.6) is 0 Å². The van der Waals surface area contributed by atoms with Gasteiger partial charge in [0.05, 0.1) is 5.69 Å². The highest BCUT2D eigenvalue weighted by atomic mass is 32.2. The lowest BCUT2D eigenvalue weighted by molar-refractivity contribution is -0.114. The van der Waals surface area contributed by atoms with E-state index in [4.69, 9.17) is 4.52 Å². The number of hydrogen-bond acceptors (Lipinski definition) is 8. The zero-order valence-electron chi connectivity index (χ0n) is 17.4. The third-order valence-corrected chi connectivity index (χ3v) is 5.52. The molecule has 0 radical (unpaired) electrons. The van der Waals surface area contributed by atoms with Gasteiger partial charge in [-0.25, -0.2) is 4.39 Å². The van der Waals surface area contributed by atoms with Crippen LogP contribution in [0.25, 0.3) is 17.1 Å². The second-order valence-corrected chi connectivity index (χ2v) is 8.09. The van der Waals surface area contributed by atoms with E-state index in [1.54, 1.807) is 35.9 Å². The molecule has 1 N–H and O–H groups in total. The molecule has 0 saturated heterocycles. The first-order valence-electron chi connectivity index (χ1n) is 9.88. The molecule has 9 nitrogen and oxygen atoms in total. The Morgan fingerprint density at radius 3 is 2.94 bits per heavy atom. The molecular weight excluding hydrogens is 433 g/mol. The molecule has 164 valence electrons. The first-order chi connectivity index (χ1) is 15.5. The summed E-state index contributed by atoms with van der Waals surface area (Å²) in [4.78, 5) is 15.6. The minimum atomic E-state index is -0.300. The van der Waals surface area contributed by atoms with Crippen molar-refractivity contribution in [1.29, 1.82) is 0 Å². The standard InChI is InChI=1S/C21H20FN7O2S/c1-13-8-9-15(11-18(13)22)20-24-19(31-26-20)7-4-10-32-21-25-27-28-29(21)17-6-3-5-16(12-17)23-14(2)30/h3,5-6,8-9,11-12H,4,7,10H2,1-2H3,(H,23,30). The number of hydrogen-bond donors (Lipinski definition) is 1. The number of thioether (sulfide) groups is 1. The minimum absolute atomic E-state index is 0.148. The summed E-state index contributed by atoms with van der Waals surface area (Å²) in [5.41, 5.74) is 2.56. The fourth-order valence-corrected chi connectivity index (χ4v) is 3.77. The average Bonchev–Trinajstić information content (AvgIpc) is 3.42. The third-order valence-electron chi connectivity index (χ3n) is 4.52. The molecule has 0 atom stereocenters. The molecule has 0 aliphatic heterocycles. The molecule has 4 aromatic rings. The molecule has 1 amide bonds. The van der Waals surface area contributed by atoms with E-state index in [2.05, 4.69) is 31.0 Å². The maximum Gasteiger partial charge on any atom is 0.226 e. The van der Waals surface area contributed by atoms with Crippen LogP contribution in [0.15, 0.2) is 52.1 Å². The van der Waals surface area contributed by atoms with Crippen molar-refractivity contribution in [3.8, 4) is 17.1 Å². The number of carbonyl (C=O) groups excluding carboxylic acids is 1. The number of aryl methyl sites for hydroxylation is 2. The summed E-state index contributed by atoms with van der Waals surface area (Å²) in [6.45, 7) is 3.16. The molecule has 2 heterocycles. The Balaban J connectivity index is 1.34. The molecule has 0 spiro atoms. The Morgan fingerprint density at radius 1 is 1.25 bits per heavy atom. The SMILES string of the molecule is CC(=O)Nc1cccc(-n2nnnc2SCCCc2nc(-c3ccc(C)c(F)c3)no2)c1. The van der Waals surface area contributed by atoms with E-state index in [1.807, 2.05) is 12.1 Å². The van der Waals surface area contributed by atoms with E-state index >= 15 is 0 Å². The number of rotatable bonds is 8. The number of nitrogens with one attached hydrogen (secondary N) is 1. The van der Waals surface area contributed by atoms with Crippen LogP contribution in [0, 0.1) is 12.7 Å². The van der Waals surface area contributed by atoms with Gasteiger partial charge in [-0.05, 0) is 53.6 Å². The second-order valence-electron chi connectivity index (χ2n) is 7.03. The minimum Gasteiger partial charge on any atom is -0.339 e. The Bertz CT molecular complexity index is 1240. The summed E-state index contributed by atoms with van der Waals surface area (Å²) in [7, 11) is 0. The molecule has 0 aliphatic carbocycles. The summed E-state index contributed by atoms with van der Waals surface area (Å²) in [5.74, 6) is 1.14. The van der Waals surface area contributed by atoms with Gasteiger partial charge in [-0.1, -0.05) is 35.1 Å². The van der Waals surface area contributed by atoms with Gasteiger partial charge in [-0.2, -0.15) is 9.67 Å². The topological polar surface area (TPSA) is 112 Å². The van der Waals surface area contributed by atoms with E-state index in [1.165, 1.54) is 24.8 Å². The molecule has 0 saturated carbocycles. The maximum absolute atomic E-state index is 13.8. The largest absolute Gasteiger partial charge is 0.339 e. The number of halogens is 1. The monoisotopic (exact) mass is 453 g/mol. The number of nitrogens with zero attached hydrogens (tertiary/aromatic N) is 6. The van der Waals surface area contributed by atoms with Crippen LogP contribution < -0.4 is 5.32 Å². The molecule has 2 aromatic heterocycles. The number of benzene rings is 2. The number of aromatic nitrogens is 6. The van der Waals surface area contributed by atoms with Gasteiger partial charge in [0.1, 0.15) is 5.82 Å². The van der Waals surface area contributed by atoms with Gasteiger partial charge in [-0.3, -0.25) is 4.79 Å². The lowest BCUT2D eigenvalue weighted by atomic mass is 10.1. The summed E-state index contributed by atoms with van der Waals surface area (Å²) in [5, 5.41) is 19.2. The van der Waals surface area contributed by atoms with Gasteiger partial charge in [0.25, 0.3) is 0 Å². The van der Waals surface area contributed by atoms with Gasteiger partial charge >= 0.3 is 0 Å². The van der Waals surface area contributed by atoms with Gasteiger partial charge in [0, 0.05) is 30.3 Å². The summed E-state index contributed by atoms with van der Waals surface area (Å²) >= 11 is 1.49. The summed E-state index contributed by atoms with van der Waals surface area (Å²) in [6, 6.07) is 12.1. The summed E-state index contributed by atoms with van der Waals surface area (Å²) in [6.07, 6.45) is 1.33. The number of tetrazole rings is 1. The predicted molar refractivity (Wildman–Crippen MR) is 117 cm³/mol. The van der Waals surface area contributed by atoms with E-state index < -0.39 is 0 Å². The Kier molecular flexibility index (Phi) is 6.55. The summed E-state index contributed by atoms with van der Waals surface area (Å²) < 4.78 is 20.7. The quantitative estimate of drug-likeness (QED) is 0.316. The number of amides is 1. The van der Waals surface area contributed by atoms with Crippen LogP contribution in [0.1, 0.15) is 24.8 Å². The van der Waals surface area contributed by atoms with Gasteiger partial charge in [0.2, 0.25) is 22.8 Å². The van der Waals surface area contributed by atoms with Crippen molar-refractivity contribution in [2.75, 3.05) is 11.1 Å². The molecule has 0 aliphatic rings. The molecule has 0 unspecified atom stereocenters. The van der Waals surface area contributed by atoms with Gasteiger partial charge in [0.15, 0.2) is 0 Å². The van der Waals surface area contributed by atoms with E-state index in [0.717, 1.165) is 17.9 Å². The number of anilines is 1. The fraction of sp³-hybridized carbons (Fsp3) is 0.238. The van der Waals surface area contributed by atoms with Crippen molar-refractivity contribution in [1.82, 2.24) is 30.3 Å². The predicted octanol–water partition coefficient (Wildman–Crippen LogP) is 3.84. The molecule has 0 bridgehead atoms. The van der Waals surface area contributed by atoms with Gasteiger partial charge in [-0.15, -0.1) is 5.10 Å². The first-order valence-corrected chi connectivity index (χ1v) is 10.9. The molecule has 11 heteroatoms.